The lowest BCUT2D eigenvalue weighted by atomic mass is 10.1. The van der Waals surface area contributed by atoms with Crippen molar-refractivity contribution in [1.82, 2.24) is 4.31 Å². The molecule has 7 heteroatoms. The van der Waals surface area contributed by atoms with Crippen molar-refractivity contribution in [3.63, 3.8) is 0 Å². The third-order valence-electron chi connectivity index (χ3n) is 3.33. The minimum absolute atomic E-state index is 0.0158. The molecule has 1 fully saturated rings. The van der Waals surface area contributed by atoms with Gasteiger partial charge in [0, 0.05) is 13.1 Å². The second kappa shape index (κ2) is 6.53. The zero-order valence-corrected chi connectivity index (χ0v) is 11.9. The Kier molecular flexibility index (Phi) is 4.98. The highest BCUT2D eigenvalue weighted by Crippen LogP contribution is 2.27. The van der Waals surface area contributed by atoms with Crippen molar-refractivity contribution in [3.05, 3.63) is 24.3 Å². The Balaban J connectivity index is 2.04. The second-order valence-corrected chi connectivity index (χ2v) is 6.57. The minimum Gasteiger partial charge on any atom is -0.507 e. The van der Waals surface area contributed by atoms with E-state index in [1.807, 2.05) is 0 Å². The molecule has 1 heterocycles. The topological polar surface area (TPSA) is 87.1 Å². The summed E-state index contributed by atoms with van der Waals surface area (Å²) in [5.74, 6) is -0.230. The number of aliphatic hydroxyl groups excluding tert-OH is 1. The molecular weight excluding hydrogens is 282 g/mol. The number of aromatic hydroxyl groups is 1. The molecule has 0 amide bonds. The van der Waals surface area contributed by atoms with Gasteiger partial charge in [-0.25, -0.2) is 8.42 Å². The fourth-order valence-corrected chi connectivity index (χ4v) is 3.83. The largest absolute Gasteiger partial charge is 0.507 e. The van der Waals surface area contributed by atoms with Gasteiger partial charge in [-0.1, -0.05) is 12.1 Å². The molecule has 0 atom stereocenters. The van der Waals surface area contributed by atoms with E-state index in [2.05, 4.69) is 0 Å². The smallest absolute Gasteiger partial charge is 0.246 e. The van der Waals surface area contributed by atoms with Crippen LogP contribution in [0.2, 0.25) is 0 Å². The average molecular weight is 301 g/mol. The standard InChI is InChI=1S/C13H19NO5S/c15-9-10-19-11-5-7-14(8-6-11)20(17,18)13-4-2-1-3-12(13)16/h1-4,11,15-16H,5-10H2. The van der Waals surface area contributed by atoms with Gasteiger partial charge in [0.1, 0.15) is 10.6 Å². The molecular formula is C13H19NO5S. The Labute approximate surface area is 118 Å². The van der Waals surface area contributed by atoms with Crippen molar-refractivity contribution >= 4 is 10.0 Å². The third-order valence-corrected chi connectivity index (χ3v) is 5.27. The van der Waals surface area contributed by atoms with Crippen molar-refractivity contribution < 1.29 is 23.4 Å². The van der Waals surface area contributed by atoms with Gasteiger partial charge in [-0.05, 0) is 25.0 Å². The number of rotatable bonds is 5. The number of phenolic OH excluding ortho intramolecular Hbond substituents is 1. The van der Waals surface area contributed by atoms with Crippen molar-refractivity contribution in [2.45, 2.75) is 23.8 Å². The van der Waals surface area contributed by atoms with Gasteiger partial charge < -0.3 is 14.9 Å². The molecule has 0 aromatic heterocycles. The van der Waals surface area contributed by atoms with Crippen LogP contribution in [0.4, 0.5) is 0 Å². The lowest BCUT2D eigenvalue weighted by Gasteiger charge is -2.31. The summed E-state index contributed by atoms with van der Waals surface area (Å²) in [6.07, 6.45) is 1.16. The summed E-state index contributed by atoms with van der Waals surface area (Å²) < 4.78 is 31.6. The van der Waals surface area contributed by atoms with Crippen LogP contribution in [-0.2, 0) is 14.8 Å². The summed E-state index contributed by atoms with van der Waals surface area (Å²) in [5.41, 5.74) is 0. The normalized spacial score (nSPS) is 18.2. The molecule has 0 saturated carbocycles. The molecule has 2 N–H and O–H groups in total. The Hall–Kier alpha value is -1.15. The van der Waals surface area contributed by atoms with Gasteiger partial charge in [-0.3, -0.25) is 0 Å². The Morgan fingerprint density at radius 2 is 1.90 bits per heavy atom. The van der Waals surface area contributed by atoms with Crippen LogP contribution in [0.15, 0.2) is 29.2 Å². The molecule has 2 rings (SSSR count). The van der Waals surface area contributed by atoms with Gasteiger partial charge in [0.15, 0.2) is 0 Å². The summed E-state index contributed by atoms with van der Waals surface area (Å²) in [6.45, 7) is 0.951. The third kappa shape index (κ3) is 3.29. The van der Waals surface area contributed by atoms with E-state index >= 15 is 0 Å². The van der Waals surface area contributed by atoms with E-state index in [0.717, 1.165) is 0 Å². The van der Waals surface area contributed by atoms with Gasteiger partial charge in [0.05, 0.1) is 19.3 Å². The van der Waals surface area contributed by atoms with Gasteiger partial charge >= 0.3 is 0 Å². The average Bonchev–Trinajstić information content (AvgIpc) is 2.46. The Bertz CT molecular complexity index is 537. The van der Waals surface area contributed by atoms with Gasteiger partial charge in [-0.2, -0.15) is 4.31 Å². The van der Waals surface area contributed by atoms with Crippen molar-refractivity contribution in [2.24, 2.45) is 0 Å². The SMILES string of the molecule is O=S(=O)(c1ccccc1O)N1CCC(OCCO)CC1. The quantitative estimate of drug-likeness (QED) is 0.829. The van der Waals surface area contributed by atoms with E-state index in [-0.39, 0.29) is 30.0 Å². The number of benzene rings is 1. The number of hydrogen-bond acceptors (Lipinski definition) is 5. The molecule has 1 saturated heterocycles. The highest BCUT2D eigenvalue weighted by molar-refractivity contribution is 7.89. The molecule has 1 aromatic carbocycles. The fraction of sp³-hybridized carbons (Fsp3) is 0.538. The van der Waals surface area contributed by atoms with Crippen LogP contribution in [0.1, 0.15) is 12.8 Å². The van der Waals surface area contributed by atoms with Crippen LogP contribution < -0.4 is 0 Å². The van der Waals surface area contributed by atoms with E-state index in [1.54, 1.807) is 12.1 Å². The zero-order valence-electron chi connectivity index (χ0n) is 11.1. The molecule has 112 valence electrons. The number of phenols is 1. The van der Waals surface area contributed by atoms with Crippen LogP contribution in [0.5, 0.6) is 5.75 Å². The molecule has 6 nitrogen and oxygen atoms in total. The van der Waals surface area contributed by atoms with Crippen LogP contribution >= 0.6 is 0 Å². The first kappa shape index (κ1) is 15.2. The molecule has 0 radical (unpaired) electrons. The van der Waals surface area contributed by atoms with Crippen molar-refractivity contribution in [3.8, 4) is 5.75 Å². The van der Waals surface area contributed by atoms with E-state index in [9.17, 15) is 13.5 Å². The zero-order chi connectivity index (χ0) is 14.6. The predicted octanol–water partition coefficient (Wildman–Crippen LogP) is 0.554. The summed E-state index contributed by atoms with van der Waals surface area (Å²) in [7, 11) is -3.66. The lowest BCUT2D eigenvalue weighted by Crippen LogP contribution is -2.41. The molecule has 1 aliphatic heterocycles. The van der Waals surface area contributed by atoms with E-state index in [4.69, 9.17) is 9.84 Å². The first-order valence-electron chi connectivity index (χ1n) is 6.56. The molecule has 0 aliphatic carbocycles. The number of piperidine rings is 1. The maximum atomic E-state index is 12.4. The number of para-hydroxylation sites is 1. The number of ether oxygens (including phenoxy) is 1. The van der Waals surface area contributed by atoms with Crippen molar-refractivity contribution in [2.75, 3.05) is 26.3 Å². The predicted molar refractivity (Wildman–Crippen MR) is 72.9 cm³/mol. The van der Waals surface area contributed by atoms with Gasteiger partial charge in [0.25, 0.3) is 0 Å². The van der Waals surface area contributed by atoms with Crippen LogP contribution in [0.3, 0.4) is 0 Å². The number of sulfonamides is 1. The summed E-state index contributed by atoms with van der Waals surface area (Å²) in [6, 6.07) is 5.94. The molecule has 1 aromatic rings. The van der Waals surface area contributed by atoms with E-state index < -0.39 is 10.0 Å². The molecule has 20 heavy (non-hydrogen) atoms. The molecule has 0 bridgehead atoms. The highest BCUT2D eigenvalue weighted by atomic mass is 32.2. The van der Waals surface area contributed by atoms with E-state index in [0.29, 0.717) is 25.9 Å². The summed E-state index contributed by atoms with van der Waals surface area (Å²) in [5, 5.41) is 18.4. The molecule has 1 aliphatic rings. The van der Waals surface area contributed by atoms with Crippen LogP contribution in [-0.4, -0.2) is 55.3 Å². The van der Waals surface area contributed by atoms with Gasteiger partial charge in [0.2, 0.25) is 10.0 Å². The maximum Gasteiger partial charge on any atom is 0.246 e. The monoisotopic (exact) mass is 301 g/mol. The summed E-state index contributed by atoms with van der Waals surface area (Å²) >= 11 is 0. The molecule has 0 unspecified atom stereocenters. The Morgan fingerprint density at radius 1 is 1.25 bits per heavy atom. The fourth-order valence-electron chi connectivity index (χ4n) is 2.27. The number of aliphatic hydroxyl groups is 1. The Morgan fingerprint density at radius 3 is 2.50 bits per heavy atom. The number of nitrogens with zero attached hydrogens (tertiary/aromatic N) is 1. The summed E-state index contributed by atoms with van der Waals surface area (Å²) in [4.78, 5) is -0.0604. The van der Waals surface area contributed by atoms with E-state index in [1.165, 1.54) is 16.4 Å². The van der Waals surface area contributed by atoms with Gasteiger partial charge in [-0.15, -0.1) is 0 Å². The van der Waals surface area contributed by atoms with Crippen LogP contribution in [0.25, 0.3) is 0 Å². The first-order valence-corrected chi connectivity index (χ1v) is 8.00. The lowest BCUT2D eigenvalue weighted by molar-refractivity contribution is 0.00317. The highest BCUT2D eigenvalue weighted by Gasteiger charge is 2.31. The second-order valence-electron chi connectivity index (χ2n) is 4.67. The molecule has 0 spiro atoms. The first-order chi connectivity index (χ1) is 9.55. The van der Waals surface area contributed by atoms with Crippen molar-refractivity contribution in [1.29, 1.82) is 0 Å². The maximum absolute atomic E-state index is 12.4. The minimum atomic E-state index is -3.66. The van der Waals surface area contributed by atoms with Crippen LogP contribution in [0, 0.1) is 0 Å². The number of hydrogen-bond donors (Lipinski definition) is 2.